The van der Waals surface area contributed by atoms with Gasteiger partial charge in [-0.3, -0.25) is 4.79 Å². The second kappa shape index (κ2) is 14.6. The first-order chi connectivity index (χ1) is 12.5. The van der Waals surface area contributed by atoms with Gasteiger partial charge in [-0.2, -0.15) is 0 Å². The number of rotatable bonds is 13. The molecule has 11 heteroatoms. The maximum Gasteiger partial charge on any atom is 0.217 e. The second-order valence-corrected chi connectivity index (χ2v) is 10.9. The summed E-state index contributed by atoms with van der Waals surface area (Å²) in [7, 11) is 3.42. The normalized spacial score (nSPS) is 28.9. The molecule has 1 amide bonds. The van der Waals surface area contributed by atoms with Crippen LogP contribution in [-0.4, -0.2) is 86.1 Å². The van der Waals surface area contributed by atoms with E-state index in [9.17, 15) is 15.0 Å². The van der Waals surface area contributed by atoms with Crippen LogP contribution in [0, 0.1) is 5.92 Å². The van der Waals surface area contributed by atoms with Crippen LogP contribution in [0.3, 0.4) is 0 Å². The van der Waals surface area contributed by atoms with Crippen LogP contribution in [0.25, 0.3) is 0 Å². The number of nitrogens with one attached hydrogen (secondary N) is 1. The summed E-state index contributed by atoms with van der Waals surface area (Å²) in [5, 5.41) is 22.4. The Labute approximate surface area is 174 Å². The third-order valence-corrected chi connectivity index (χ3v) is 7.36. The molecule has 0 spiro atoms. The van der Waals surface area contributed by atoms with Crippen LogP contribution in [0.2, 0.25) is 0 Å². The van der Waals surface area contributed by atoms with Crippen molar-refractivity contribution in [2.45, 2.75) is 38.4 Å². The predicted octanol–water partition coefficient (Wildman–Crippen LogP) is 0.986. The molecular weight excluding hydrogens is 497 g/mol. The Balaban J connectivity index is 2.28. The van der Waals surface area contributed by atoms with E-state index in [2.05, 4.69) is 26.5 Å². The van der Waals surface area contributed by atoms with Crippen LogP contribution in [-0.2, 0) is 23.7 Å². The number of ether oxygens (including phenoxy) is 4. The van der Waals surface area contributed by atoms with Crippen molar-refractivity contribution >= 4 is 45.9 Å². The molecule has 0 aromatic carbocycles. The second-order valence-electron chi connectivity index (χ2n) is 5.78. The highest BCUT2D eigenvalue weighted by Crippen LogP contribution is 2.28. The summed E-state index contributed by atoms with van der Waals surface area (Å²) in [5.74, 6) is 0.329. The zero-order valence-electron chi connectivity index (χ0n) is 15.0. The molecule has 0 bridgehead atoms. The summed E-state index contributed by atoms with van der Waals surface area (Å²) in [6.45, 7) is 5.14. The van der Waals surface area contributed by atoms with E-state index in [0.717, 1.165) is 5.75 Å². The molecule has 0 aromatic rings. The zero-order chi connectivity index (χ0) is 19.4. The lowest BCUT2D eigenvalue weighted by Gasteiger charge is -2.43. The molecule has 0 aromatic heterocycles. The first-order valence-corrected chi connectivity index (χ1v) is 13.3. The van der Waals surface area contributed by atoms with Gasteiger partial charge in [-0.1, -0.05) is 17.7 Å². The van der Waals surface area contributed by atoms with E-state index in [-0.39, 0.29) is 25.0 Å². The molecule has 1 saturated heterocycles. The third-order valence-electron chi connectivity index (χ3n) is 3.88. The van der Waals surface area contributed by atoms with Crippen molar-refractivity contribution in [3.8, 4) is 0 Å². The van der Waals surface area contributed by atoms with Crippen molar-refractivity contribution in [2.75, 3.05) is 45.4 Å². The molecule has 5 atom stereocenters. The molecule has 0 aliphatic carbocycles. The van der Waals surface area contributed by atoms with E-state index in [0.29, 0.717) is 26.4 Å². The average molecular weight is 525 g/mol. The molecule has 0 radical (unpaired) electrons. The molecule has 154 valence electrons. The quantitative estimate of drug-likeness (QED) is 0.184. The Morgan fingerprint density at radius 3 is 2.50 bits per heavy atom. The Kier molecular flexibility index (Phi) is 13.9. The fourth-order valence-electron chi connectivity index (χ4n) is 2.50. The van der Waals surface area contributed by atoms with Gasteiger partial charge in [0.15, 0.2) is 6.29 Å². The number of hydrogen-bond acceptors (Lipinski definition) is 9. The molecule has 1 heterocycles. The van der Waals surface area contributed by atoms with E-state index < -0.39 is 24.5 Å². The SMILES string of the molecule is CC(=O)NC1C(OCCOCCOCCSSI)OC(CO)C(C)C1O. The largest absolute Gasteiger partial charge is 0.394 e. The summed E-state index contributed by atoms with van der Waals surface area (Å²) in [6.07, 6.45) is -2.26. The lowest BCUT2D eigenvalue weighted by atomic mass is 9.89. The van der Waals surface area contributed by atoms with Gasteiger partial charge in [0.05, 0.1) is 51.8 Å². The zero-order valence-corrected chi connectivity index (χ0v) is 18.8. The van der Waals surface area contributed by atoms with E-state index in [1.165, 1.54) is 6.92 Å². The van der Waals surface area contributed by atoms with Gasteiger partial charge >= 0.3 is 0 Å². The maximum atomic E-state index is 11.4. The molecule has 3 N–H and O–H groups in total. The molecule has 0 saturated carbocycles. The minimum Gasteiger partial charge on any atom is -0.394 e. The molecule has 8 nitrogen and oxygen atoms in total. The minimum absolute atomic E-state index is 0.229. The molecule has 1 aliphatic rings. The van der Waals surface area contributed by atoms with E-state index in [1.807, 2.05) is 0 Å². The van der Waals surface area contributed by atoms with Gasteiger partial charge in [0.25, 0.3) is 0 Å². The highest BCUT2D eigenvalue weighted by atomic mass is 127. The smallest absolute Gasteiger partial charge is 0.217 e. The number of carbonyl (C=O) groups excluding carboxylic acids is 1. The van der Waals surface area contributed by atoms with Gasteiger partial charge in [-0.25, -0.2) is 0 Å². The molecule has 26 heavy (non-hydrogen) atoms. The predicted molar refractivity (Wildman–Crippen MR) is 110 cm³/mol. The van der Waals surface area contributed by atoms with Crippen molar-refractivity contribution in [1.82, 2.24) is 5.32 Å². The molecular formula is C15H28INO7S2. The summed E-state index contributed by atoms with van der Waals surface area (Å²) < 4.78 is 22.2. The van der Waals surface area contributed by atoms with Crippen LogP contribution >= 0.6 is 40.0 Å². The topological polar surface area (TPSA) is 106 Å². The van der Waals surface area contributed by atoms with Crippen molar-refractivity contribution < 1.29 is 34.0 Å². The number of hydrogen-bond donors (Lipinski definition) is 3. The minimum atomic E-state index is -0.873. The Bertz CT molecular complexity index is 397. The van der Waals surface area contributed by atoms with Crippen molar-refractivity contribution in [3.63, 3.8) is 0 Å². The van der Waals surface area contributed by atoms with Crippen molar-refractivity contribution in [2.24, 2.45) is 5.92 Å². The van der Waals surface area contributed by atoms with Gasteiger partial charge in [0.2, 0.25) is 5.91 Å². The lowest BCUT2D eigenvalue weighted by Crippen LogP contribution is -2.61. The summed E-state index contributed by atoms with van der Waals surface area (Å²) in [4.78, 5) is 11.4. The Hall–Kier alpha value is 0.660. The van der Waals surface area contributed by atoms with Crippen molar-refractivity contribution in [1.29, 1.82) is 0 Å². The molecule has 1 fully saturated rings. The monoisotopic (exact) mass is 525 g/mol. The van der Waals surface area contributed by atoms with Crippen LogP contribution in [0.4, 0.5) is 0 Å². The Morgan fingerprint density at radius 1 is 1.23 bits per heavy atom. The highest BCUT2D eigenvalue weighted by molar-refractivity contribution is 14.2. The number of halogens is 1. The van der Waals surface area contributed by atoms with Gasteiger partial charge in [0, 0.05) is 39.8 Å². The number of aliphatic hydroxyl groups excluding tert-OH is 2. The summed E-state index contributed by atoms with van der Waals surface area (Å²) in [6, 6.07) is -0.693. The number of amides is 1. The summed E-state index contributed by atoms with van der Waals surface area (Å²) in [5.41, 5.74) is 0. The number of carbonyl (C=O) groups is 1. The van der Waals surface area contributed by atoms with Gasteiger partial charge in [-0.15, -0.1) is 0 Å². The average Bonchev–Trinajstić information content (AvgIpc) is 2.62. The van der Waals surface area contributed by atoms with E-state index in [4.69, 9.17) is 18.9 Å². The van der Waals surface area contributed by atoms with Crippen LogP contribution < -0.4 is 5.32 Å². The molecule has 1 aliphatic heterocycles. The van der Waals surface area contributed by atoms with Gasteiger partial charge < -0.3 is 34.5 Å². The first kappa shape index (κ1) is 24.7. The summed E-state index contributed by atoms with van der Waals surface area (Å²) >= 11 is 2.23. The Morgan fingerprint density at radius 2 is 1.88 bits per heavy atom. The lowest BCUT2D eigenvalue weighted by molar-refractivity contribution is -0.257. The maximum absolute atomic E-state index is 11.4. The molecule has 5 unspecified atom stereocenters. The standard InChI is InChI=1S/C15H28INO7S2/c1-10-12(9-18)24-15(13(14(10)20)17-11(2)19)23-6-5-21-3-4-22-7-8-25-26-16/h10,12-15,18,20H,3-9H2,1-2H3,(H,17,19). The van der Waals surface area contributed by atoms with Crippen molar-refractivity contribution in [3.05, 3.63) is 0 Å². The van der Waals surface area contributed by atoms with E-state index in [1.54, 1.807) is 25.7 Å². The van der Waals surface area contributed by atoms with Gasteiger partial charge in [-0.05, 0) is 7.97 Å². The van der Waals surface area contributed by atoms with E-state index >= 15 is 0 Å². The number of aliphatic hydroxyl groups is 2. The fraction of sp³-hybridized carbons (Fsp3) is 0.933. The van der Waals surface area contributed by atoms with Crippen LogP contribution in [0.15, 0.2) is 0 Å². The fourth-order valence-corrected chi connectivity index (χ4v) is 4.76. The molecule has 1 rings (SSSR count). The highest BCUT2D eigenvalue weighted by Gasteiger charge is 2.43. The van der Waals surface area contributed by atoms with Crippen LogP contribution in [0.5, 0.6) is 0 Å². The van der Waals surface area contributed by atoms with Crippen LogP contribution in [0.1, 0.15) is 13.8 Å². The third kappa shape index (κ3) is 9.24. The van der Waals surface area contributed by atoms with Gasteiger partial charge in [0.1, 0.15) is 6.04 Å². The first-order valence-electron chi connectivity index (χ1n) is 8.40.